The van der Waals surface area contributed by atoms with Gasteiger partial charge in [-0.15, -0.1) is 0 Å². The molecule has 1 unspecified atom stereocenters. The Balaban J connectivity index is 2.04. The van der Waals surface area contributed by atoms with Crippen LogP contribution in [0.5, 0.6) is 0 Å². The van der Waals surface area contributed by atoms with Gasteiger partial charge in [0.15, 0.2) is 0 Å². The summed E-state index contributed by atoms with van der Waals surface area (Å²) in [4.78, 5) is 0. The molecule has 0 aromatic carbocycles. The van der Waals surface area contributed by atoms with E-state index in [1.165, 1.54) is 25.7 Å². The lowest BCUT2D eigenvalue weighted by molar-refractivity contribution is -0.0430. The lowest BCUT2D eigenvalue weighted by atomic mass is 9.83. The highest BCUT2D eigenvalue weighted by Crippen LogP contribution is 2.33. The van der Waals surface area contributed by atoms with Crippen LogP contribution in [-0.2, 0) is 11.2 Å². The molecule has 2 N–H and O–H groups in total. The monoisotopic (exact) mass is 237 g/mol. The summed E-state index contributed by atoms with van der Waals surface area (Å²) in [6, 6.07) is 2.04. The molecule has 3 nitrogen and oxygen atoms in total. The maximum Gasteiger partial charge on any atom is 0.0935 e. The van der Waals surface area contributed by atoms with Crippen molar-refractivity contribution in [3.8, 4) is 0 Å². The van der Waals surface area contributed by atoms with E-state index < -0.39 is 0 Å². The van der Waals surface area contributed by atoms with Crippen molar-refractivity contribution in [2.24, 2.45) is 5.73 Å². The summed E-state index contributed by atoms with van der Waals surface area (Å²) < 4.78 is 10.9. The van der Waals surface area contributed by atoms with Gasteiger partial charge in [0, 0.05) is 13.2 Å². The molecule has 1 saturated carbocycles. The molecule has 0 saturated heterocycles. The second kappa shape index (κ2) is 5.69. The first-order chi connectivity index (χ1) is 8.27. The first-order valence-electron chi connectivity index (χ1n) is 6.59. The molecular weight excluding hydrogens is 214 g/mol. The summed E-state index contributed by atoms with van der Waals surface area (Å²) in [6.07, 6.45) is 11.6. The molecule has 1 atom stereocenters. The van der Waals surface area contributed by atoms with E-state index in [0.29, 0.717) is 0 Å². The standard InChI is InChI=1S/C14H23NO2/c1-16-14(7-4-2-3-5-8-14)13(15)10-12-6-9-17-11-12/h6,9,11,13H,2-5,7-8,10,15H2,1H3. The zero-order chi connectivity index (χ0) is 12.1. The number of ether oxygens (including phenoxy) is 1. The average Bonchev–Trinajstić information content (AvgIpc) is 2.72. The van der Waals surface area contributed by atoms with Crippen LogP contribution in [0.25, 0.3) is 0 Å². The molecule has 0 spiro atoms. The fourth-order valence-corrected chi connectivity index (χ4v) is 2.90. The summed E-state index contributed by atoms with van der Waals surface area (Å²) in [5.41, 5.74) is 7.42. The maximum absolute atomic E-state index is 6.39. The van der Waals surface area contributed by atoms with Crippen LogP contribution >= 0.6 is 0 Å². The minimum Gasteiger partial charge on any atom is -0.472 e. The van der Waals surface area contributed by atoms with Gasteiger partial charge in [0.05, 0.1) is 18.1 Å². The van der Waals surface area contributed by atoms with Crippen molar-refractivity contribution in [3.05, 3.63) is 24.2 Å². The van der Waals surface area contributed by atoms with Gasteiger partial charge in [-0.3, -0.25) is 0 Å². The third-order valence-electron chi connectivity index (χ3n) is 4.07. The molecule has 1 fully saturated rings. The molecular formula is C14H23NO2. The number of furan rings is 1. The van der Waals surface area contributed by atoms with Gasteiger partial charge < -0.3 is 14.9 Å². The fraction of sp³-hybridized carbons (Fsp3) is 0.714. The lowest BCUT2D eigenvalue weighted by Gasteiger charge is -2.37. The minimum atomic E-state index is -0.131. The minimum absolute atomic E-state index is 0.0585. The van der Waals surface area contributed by atoms with Gasteiger partial charge in [0.1, 0.15) is 0 Å². The average molecular weight is 237 g/mol. The number of hydrogen-bond acceptors (Lipinski definition) is 3. The predicted octanol–water partition coefficient (Wildman–Crippen LogP) is 2.89. The molecule has 0 amide bonds. The van der Waals surface area contributed by atoms with Crippen LogP contribution in [0.1, 0.15) is 44.1 Å². The Kier molecular flexibility index (Phi) is 4.24. The van der Waals surface area contributed by atoms with Gasteiger partial charge in [0.25, 0.3) is 0 Å². The quantitative estimate of drug-likeness (QED) is 0.819. The van der Waals surface area contributed by atoms with Crippen molar-refractivity contribution in [1.29, 1.82) is 0 Å². The van der Waals surface area contributed by atoms with E-state index in [0.717, 1.165) is 24.8 Å². The van der Waals surface area contributed by atoms with Gasteiger partial charge >= 0.3 is 0 Å². The summed E-state index contributed by atoms with van der Waals surface area (Å²) in [5, 5.41) is 0. The van der Waals surface area contributed by atoms with E-state index >= 15 is 0 Å². The first kappa shape index (κ1) is 12.7. The van der Waals surface area contributed by atoms with Crippen LogP contribution in [0.2, 0.25) is 0 Å². The van der Waals surface area contributed by atoms with Crippen molar-refractivity contribution < 1.29 is 9.15 Å². The molecule has 0 bridgehead atoms. The van der Waals surface area contributed by atoms with E-state index in [9.17, 15) is 0 Å². The van der Waals surface area contributed by atoms with E-state index in [2.05, 4.69) is 0 Å². The van der Waals surface area contributed by atoms with Crippen molar-refractivity contribution in [1.82, 2.24) is 0 Å². The third-order valence-corrected chi connectivity index (χ3v) is 4.07. The highest BCUT2D eigenvalue weighted by atomic mass is 16.5. The fourth-order valence-electron chi connectivity index (χ4n) is 2.90. The lowest BCUT2D eigenvalue weighted by Crippen LogP contribution is -2.50. The van der Waals surface area contributed by atoms with Gasteiger partial charge in [-0.25, -0.2) is 0 Å². The predicted molar refractivity (Wildman–Crippen MR) is 67.8 cm³/mol. The molecule has 0 aliphatic heterocycles. The van der Waals surface area contributed by atoms with Crippen LogP contribution in [0.4, 0.5) is 0 Å². The highest BCUT2D eigenvalue weighted by molar-refractivity contribution is 5.10. The summed E-state index contributed by atoms with van der Waals surface area (Å²) in [6.45, 7) is 0. The van der Waals surface area contributed by atoms with Crippen LogP contribution in [-0.4, -0.2) is 18.8 Å². The van der Waals surface area contributed by atoms with Crippen LogP contribution < -0.4 is 5.73 Å². The zero-order valence-electron chi connectivity index (χ0n) is 10.7. The summed E-state index contributed by atoms with van der Waals surface area (Å²) in [5.74, 6) is 0. The zero-order valence-corrected chi connectivity index (χ0v) is 10.7. The van der Waals surface area contributed by atoms with E-state index in [1.54, 1.807) is 19.6 Å². The SMILES string of the molecule is COC1(C(N)Cc2ccoc2)CCCCCC1. The van der Waals surface area contributed by atoms with Crippen LogP contribution in [0, 0.1) is 0 Å². The summed E-state index contributed by atoms with van der Waals surface area (Å²) >= 11 is 0. The second-order valence-corrected chi connectivity index (χ2v) is 5.13. The van der Waals surface area contributed by atoms with Crippen molar-refractivity contribution in [3.63, 3.8) is 0 Å². The Bertz CT molecular complexity index is 313. The van der Waals surface area contributed by atoms with Gasteiger partial charge in [-0.2, -0.15) is 0 Å². The van der Waals surface area contributed by atoms with Gasteiger partial charge in [0.2, 0.25) is 0 Å². The number of rotatable bonds is 4. The van der Waals surface area contributed by atoms with E-state index in [-0.39, 0.29) is 11.6 Å². The molecule has 1 aromatic heterocycles. The normalized spacial score (nSPS) is 22.0. The Morgan fingerprint density at radius 2 is 2.06 bits per heavy atom. The van der Waals surface area contributed by atoms with Crippen LogP contribution in [0.15, 0.2) is 23.0 Å². The number of methoxy groups -OCH3 is 1. The van der Waals surface area contributed by atoms with Crippen LogP contribution in [0.3, 0.4) is 0 Å². The largest absolute Gasteiger partial charge is 0.472 e. The number of hydrogen-bond donors (Lipinski definition) is 1. The highest BCUT2D eigenvalue weighted by Gasteiger charge is 2.37. The second-order valence-electron chi connectivity index (χ2n) is 5.13. The molecule has 17 heavy (non-hydrogen) atoms. The number of nitrogens with two attached hydrogens (primary N) is 1. The van der Waals surface area contributed by atoms with Crippen molar-refractivity contribution in [2.45, 2.75) is 56.6 Å². The molecule has 96 valence electrons. The molecule has 1 aliphatic carbocycles. The molecule has 1 aliphatic rings. The third kappa shape index (κ3) is 2.90. The van der Waals surface area contributed by atoms with Gasteiger partial charge in [-0.05, 0) is 30.9 Å². The van der Waals surface area contributed by atoms with Gasteiger partial charge in [-0.1, -0.05) is 25.7 Å². The van der Waals surface area contributed by atoms with Crippen molar-refractivity contribution >= 4 is 0 Å². The molecule has 1 heterocycles. The van der Waals surface area contributed by atoms with E-state index in [4.69, 9.17) is 14.9 Å². The van der Waals surface area contributed by atoms with E-state index in [1.807, 2.05) is 6.07 Å². The van der Waals surface area contributed by atoms with Crippen molar-refractivity contribution in [2.75, 3.05) is 7.11 Å². The Hall–Kier alpha value is -0.800. The maximum atomic E-state index is 6.39. The topological polar surface area (TPSA) is 48.4 Å². The summed E-state index contributed by atoms with van der Waals surface area (Å²) in [7, 11) is 1.81. The molecule has 1 aromatic rings. The molecule has 0 radical (unpaired) electrons. The molecule has 3 heteroatoms. The Labute approximate surface area is 103 Å². The molecule has 2 rings (SSSR count). The Morgan fingerprint density at radius 1 is 1.35 bits per heavy atom. The Morgan fingerprint density at radius 3 is 2.59 bits per heavy atom. The first-order valence-corrected chi connectivity index (χ1v) is 6.59. The smallest absolute Gasteiger partial charge is 0.0935 e.